The van der Waals surface area contributed by atoms with Gasteiger partial charge < -0.3 is 5.32 Å². The number of hydrogen-bond donors (Lipinski definition) is 1. The van der Waals surface area contributed by atoms with Gasteiger partial charge in [-0.25, -0.2) is 17.5 Å². The van der Waals surface area contributed by atoms with E-state index in [1.54, 1.807) is 7.05 Å². The SMILES string of the molecule is CNCc1cc(S(=O)(=O)c2cccnc2)n(-c2cccc(F)c2Cl)n1. The van der Waals surface area contributed by atoms with Gasteiger partial charge in [0.15, 0.2) is 5.03 Å². The summed E-state index contributed by atoms with van der Waals surface area (Å²) >= 11 is 6.02. The maximum atomic E-state index is 13.8. The van der Waals surface area contributed by atoms with Crippen LogP contribution in [-0.2, 0) is 16.4 Å². The van der Waals surface area contributed by atoms with Crippen LogP contribution in [0, 0.1) is 5.82 Å². The van der Waals surface area contributed by atoms with Gasteiger partial charge in [-0.1, -0.05) is 17.7 Å². The molecule has 0 aliphatic carbocycles. The molecule has 0 spiro atoms. The second-order valence-corrected chi connectivity index (χ2v) is 7.46. The first-order valence-electron chi connectivity index (χ1n) is 7.28. The Morgan fingerprint density at radius 2 is 2.08 bits per heavy atom. The number of nitrogens with one attached hydrogen (secondary N) is 1. The fourth-order valence-corrected chi connectivity index (χ4v) is 3.89. The first kappa shape index (κ1) is 17.5. The van der Waals surface area contributed by atoms with E-state index in [0.29, 0.717) is 12.2 Å². The number of rotatable bonds is 5. The third-order valence-electron chi connectivity index (χ3n) is 3.46. The highest BCUT2D eigenvalue weighted by Gasteiger charge is 2.26. The minimum Gasteiger partial charge on any atom is -0.314 e. The number of aromatic nitrogens is 3. The van der Waals surface area contributed by atoms with Gasteiger partial charge in [-0.2, -0.15) is 5.10 Å². The molecule has 0 fully saturated rings. The Morgan fingerprint density at radius 1 is 1.28 bits per heavy atom. The summed E-state index contributed by atoms with van der Waals surface area (Å²) in [4.78, 5) is 3.86. The average molecular weight is 381 g/mol. The van der Waals surface area contributed by atoms with Crippen LogP contribution in [-0.4, -0.2) is 30.2 Å². The molecule has 2 heterocycles. The highest BCUT2D eigenvalue weighted by atomic mass is 35.5. The molecule has 3 aromatic rings. The van der Waals surface area contributed by atoms with Crippen molar-refractivity contribution >= 4 is 21.4 Å². The van der Waals surface area contributed by atoms with Crippen LogP contribution in [0.5, 0.6) is 0 Å². The second kappa shape index (κ2) is 6.91. The summed E-state index contributed by atoms with van der Waals surface area (Å²) in [5.74, 6) is -0.658. The van der Waals surface area contributed by atoms with E-state index in [-0.39, 0.29) is 20.6 Å². The summed E-state index contributed by atoms with van der Waals surface area (Å²) in [7, 11) is -2.20. The van der Waals surface area contributed by atoms with Crippen molar-refractivity contribution < 1.29 is 12.8 Å². The third kappa shape index (κ3) is 3.28. The van der Waals surface area contributed by atoms with Gasteiger partial charge >= 0.3 is 0 Å². The standard InChI is InChI=1S/C16H14ClFN4O2S/c1-19-9-11-8-15(25(23,24)12-4-3-7-20-10-12)22(21-11)14-6-2-5-13(18)16(14)17/h2-8,10,19H,9H2,1H3. The van der Waals surface area contributed by atoms with Crippen molar-refractivity contribution in [1.82, 2.24) is 20.1 Å². The molecule has 0 saturated carbocycles. The fraction of sp³-hybridized carbons (Fsp3) is 0.125. The van der Waals surface area contributed by atoms with Gasteiger partial charge in [0.1, 0.15) is 10.8 Å². The lowest BCUT2D eigenvalue weighted by molar-refractivity contribution is 0.584. The molecule has 1 aromatic carbocycles. The molecule has 0 aliphatic rings. The predicted octanol–water partition coefficient (Wildman–Crippen LogP) is 2.61. The molecule has 0 aliphatic heterocycles. The molecule has 2 aromatic heterocycles. The number of halogens is 2. The van der Waals surface area contributed by atoms with Crippen molar-refractivity contribution in [1.29, 1.82) is 0 Å². The maximum Gasteiger partial charge on any atom is 0.225 e. The van der Waals surface area contributed by atoms with Crippen LogP contribution in [0.4, 0.5) is 4.39 Å². The molecule has 0 bridgehead atoms. The van der Waals surface area contributed by atoms with Gasteiger partial charge in [0.2, 0.25) is 9.84 Å². The lowest BCUT2D eigenvalue weighted by Crippen LogP contribution is -2.11. The molecular formula is C16H14ClFN4O2S. The Hall–Kier alpha value is -2.29. The van der Waals surface area contributed by atoms with Gasteiger partial charge in [-0.3, -0.25) is 4.98 Å². The van der Waals surface area contributed by atoms with Crippen molar-refractivity contribution in [2.45, 2.75) is 16.5 Å². The van der Waals surface area contributed by atoms with Crippen molar-refractivity contribution in [2.75, 3.05) is 7.05 Å². The molecule has 3 rings (SSSR count). The molecule has 6 nitrogen and oxygen atoms in total. The van der Waals surface area contributed by atoms with E-state index in [2.05, 4.69) is 15.4 Å². The number of hydrogen-bond acceptors (Lipinski definition) is 5. The van der Waals surface area contributed by atoms with Crippen molar-refractivity contribution in [2.24, 2.45) is 0 Å². The van der Waals surface area contributed by atoms with E-state index in [4.69, 9.17) is 11.6 Å². The Balaban J connectivity index is 2.25. The van der Waals surface area contributed by atoms with Crippen LogP contribution in [0.2, 0.25) is 5.02 Å². The Kier molecular flexibility index (Phi) is 4.85. The van der Waals surface area contributed by atoms with E-state index in [0.717, 1.165) is 4.68 Å². The number of benzene rings is 1. The normalized spacial score (nSPS) is 11.6. The molecular weight excluding hydrogens is 367 g/mol. The van der Waals surface area contributed by atoms with Crippen LogP contribution < -0.4 is 5.32 Å². The monoisotopic (exact) mass is 380 g/mol. The first-order chi connectivity index (χ1) is 11.9. The summed E-state index contributed by atoms with van der Waals surface area (Å²) in [5, 5.41) is 6.85. The number of pyridine rings is 1. The van der Waals surface area contributed by atoms with Crippen LogP contribution in [0.25, 0.3) is 5.69 Å². The highest BCUT2D eigenvalue weighted by molar-refractivity contribution is 7.91. The molecule has 0 amide bonds. The quantitative estimate of drug-likeness (QED) is 0.736. The summed E-state index contributed by atoms with van der Waals surface area (Å²) in [5.41, 5.74) is 0.622. The highest BCUT2D eigenvalue weighted by Crippen LogP contribution is 2.29. The van der Waals surface area contributed by atoms with Crippen LogP contribution >= 0.6 is 11.6 Å². The molecule has 0 radical (unpaired) electrons. The molecule has 9 heteroatoms. The molecule has 0 unspecified atom stereocenters. The van der Waals surface area contributed by atoms with Crippen molar-refractivity contribution in [3.63, 3.8) is 0 Å². The average Bonchev–Trinajstić information content (AvgIpc) is 3.03. The molecule has 130 valence electrons. The minimum absolute atomic E-state index is 0.0136. The van der Waals surface area contributed by atoms with Crippen molar-refractivity contribution in [3.8, 4) is 5.69 Å². The first-order valence-corrected chi connectivity index (χ1v) is 9.14. The van der Waals surface area contributed by atoms with Gasteiger partial charge in [0.25, 0.3) is 0 Å². The van der Waals surface area contributed by atoms with Crippen LogP contribution in [0.3, 0.4) is 0 Å². The van der Waals surface area contributed by atoms with Crippen LogP contribution in [0.1, 0.15) is 5.69 Å². The molecule has 25 heavy (non-hydrogen) atoms. The third-order valence-corrected chi connectivity index (χ3v) is 5.54. The van der Waals surface area contributed by atoms with Crippen molar-refractivity contribution in [3.05, 3.63) is 65.3 Å². The molecule has 0 atom stereocenters. The summed E-state index contributed by atoms with van der Waals surface area (Å²) in [6.45, 7) is 0.343. The van der Waals surface area contributed by atoms with Gasteiger partial charge in [-0.15, -0.1) is 0 Å². The second-order valence-electron chi connectivity index (χ2n) is 5.18. The van der Waals surface area contributed by atoms with Gasteiger partial charge in [-0.05, 0) is 31.3 Å². The van der Waals surface area contributed by atoms with E-state index in [1.165, 1.54) is 48.8 Å². The van der Waals surface area contributed by atoms with E-state index < -0.39 is 15.7 Å². The Bertz CT molecular complexity index is 1010. The summed E-state index contributed by atoms with van der Waals surface area (Å²) in [6.07, 6.45) is 2.73. The summed E-state index contributed by atoms with van der Waals surface area (Å²) < 4.78 is 40.9. The summed E-state index contributed by atoms with van der Waals surface area (Å²) in [6, 6.07) is 8.53. The topological polar surface area (TPSA) is 76.9 Å². The lowest BCUT2D eigenvalue weighted by atomic mass is 10.3. The minimum atomic E-state index is -3.92. The van der Waals surface area contributed by atoms with E-state index in [9.17, 15) is 12.8 Å². The van der Waals surface area contributed by atoms with Crippen LogP contribution in [0.15, 0.2) is 58.7 Å². The number of nitrogens with zero attached hydrogens (tertiary/aromatic N) is 3. The van der Waals surface area contributed by atoms with E-state index >= 15 is 0 Å². The van der Waals surface area contributed by atoms with Gasteiger partial charge in [0, 0.05) is 25.0 Å². The molecule has 1 N–H and O–H groups in total. The zero-order chi connectivity index (χ0) is 18.0. The zero-order valence-corrected chi connectivity index (χ0v) is 14.7. The maximum absolute atomic E-state index is 13.8. The molecule has 0 saturated heterocycles. The predicted molar refractivity (Wildman–Crippen MR) is 91.0 cm³/mol. The Morgan fingerprint density at radius 3 is 2.76 bits per heavy atom. The zero-order valence-electron chi connectivity index (χ0n) is 13.1. The Labute approximate surface area is 149 Å². The van der Waals surface area contributed by atoms with E-state index in [1.807, 2.05) is 0 Å². The smallest absolute Gasteiger partial charge is 0.225 e. The van der Waals surface area contributed by atoms with Gasteiger partial charge in [0.05, 0.1) is 16.3 Å². The lowest BCUT2D eigenvalue weighted by Gasteiger charge is -2.10. The number of sulfone groups is 1. The fourth-order valence-electron chi connectivity index (χ4n) is 2.32. The largest absolute Gasteiger partial charge is 0.314 e.